The number of hydrogen-bond acceptors (Lipinski definition) is 1. The molecular formula is C11H22BrF2N. The zero-order chi connectivity index (χ0) is 11.5. The highest BCUT2D eigenvalue weighted by Crippen LogP contribution is 2.06. The normalized spacial score (nSPS) is 11.6. The molecule has 15 heavy (non-hydrogen) atoms. The number of nitrogens with zero attached hydrogens (tertiary/aromatic N) is 1. The topological polar surface area (TPSA) is 3.24 Å². The minimum atomic E-state index is -2.21. The van der Waals surface area contributed by atoms with Gasteiger partial charge in [0.25, 0.3) is 6.43 Å². The van der Waals surface area contributed by atoms with Crippen LogP contribution in [0.5, 0.6) is 0 Å². The molecule has 0 aliphatic carbocycles. The molecule has 0 spiro atoms. The molecule has 0 atom stereocenters. The van der Waals surface area contributed by atoms with Crippen molar-refractivity contribution in [1.29, 1.82) is 0 Å². The summed E-state index contributed by atoms with van der Waals surface area (Å²) in [6.07, 6.45) is 3.71. The zero-order valence-corrected chi connectivity index (χ0v) is 11.1. The van der Waals surface area contributed by atoms with Gasteiger partial charge in [0.2, 0.25) is 0 Å². The molecule has 0 unspecified atom stereocenters. The van der Waals surface area contributed by atoms with Gasteiger partial charge >= 0.3 is 0 Å². The van der Waals surface area contributed by atoms with Crippen molar-refractivity contribution in [1.82, 2.24) is 4.90 Å². The van der Waals surface area contributed by atoms with Crippen molar-refractivity contribution >= 4 is 15.9 Å². The number of halogens is 3. The van der Waals surface area contributed by atoms with Crippen LogP contribution in [0, 0.1) is 0 Å². The van der Waals surface area contributed by atoms with Gasteiger partial charge in [0.15, 0.2) is 0 Å². The molecule has 0 bridgehead atoms. The van der Waals surface area contributed by atoms with Crippen molar-refractivity contribution in [2.24, 2.45) is 0 Å². The van der Waals surface area contributed by atoms with Gasteiger partial charge < -0.3 is 0 Å². The van der Waals surface area contributed by atoms with Crippen molar-refractivity contribution in [2.45, 2.75) is 45.5 Å². The Hall–Kier alpha value is 0.300. The van der Waals surface area contributed by atoms with Gasteiger partial charge in [-0.05, 0) is 13.0 Å². The first kappa shape index (κ1) is 15.3. The number of alkyl halides is 3. The maximum absolute atomic E-state index is 12.2. The minimum Gasteiger partial charge on any atom is -0.297 e. The fourth-order valence-electron chi connectivity index (χ4n) is 1.55. The van der Waals surface area contributed by atoms with Gasteiger partial charge in [-0.25, -0.2) is 8.78 Å². The van der Waals surface area contributed by atoms with E-state index in [9.17, 15) is 8.78 Å². The second-order valence-corrected chi connectivity index (χ2v) is 4.59. The molecule has 0 saturated heterocycles. The maximum Gasteiger partial charge on any atom is 0.251 e. The van der Waals surface area contributed by atoms with Gasteiger partial charge in [0.1, 0.15) is 0 Å². The molecule has 0 fully saturated rings. The fraction of sp³-hybridized carbons (Fsp3) is 1.00. The van der Waals surface area contributed by atoms with Crippen molar-refractivity contribution in [2.75, 3.05) is 25.0 Å². The Morgan fingerprint density at radius 2 is 1.73 bits per heavy atom. The number of hydrogen-bond donors (Lipinski definition) is 0. The third kappa shape index (κ3) is 10.6. The lowest BCUT2D eigenvalue weighted by Crippen LogP contribution is -2.31. The smallest absolute Gasteiger partial charge is 0.251 e. The SMILES string of the molecule is CCCCCCCN(CCBr)CC(F)F. The lowest BCUT2D eigenvalue weighted by Gasteiger charge is -2.20. The van der Waals surface area contributed by atoms with Crippen LogP contribution in [0.2, 0.25) is 0 Å². The van der Waals surface area contributed by atoms with E-state index >= 15 is 0 Å². The van der Waals surface area contributed by atoms with Crippen molar-refractivity contribution < 1.29 is 8.78 Å². The molecule has 0 aromatic carbocycles. The highest BCUT2D eigenvalue weighted by atomic mass is 79.9. The van der Waals surface area contributed by atoms with Crippen LogP contribution in [0.3, 0.4) is 0 Å². The molecule has 1 nitrogen and oxygen atoms in total. The predicted molar refractivity (Wildman–Crippen MR) is 65.0 cm³/mol. The molecular weight excluding hydrogens is 264 g/mol. The molecule has 0 aromatic rings. The first-order valence-corrected chi connectivity index (χ1v) is 6.89. The Kier molecular flexibility index (Phi) is 11.0. The third-order valence-electron chi connectivity index (χ3n) is 2.37. The summed E-state index contributed by atoms with van der Waals surface area (Å²) in [5, 5.41) is 0.772. The molecule has 0 saturated carbocycles. The molecule has 92 valence electrons. The molecule has 4 heteroatoms. The fourth-order valence-corrected chi connectivity index (χ4v) is 2.05. The summed E-state index contributed by atoms with van der Waals surface area (Å²) >= 11 is 3.29. The quantitative estimate of drug-likeness (QED) is 0.434. The van der Waals surface area contributed by atoms with Crippen LogP contribution in [0.15, 0.2) is 0 Å². The molecule has 0 rings (SSSR count). The van der Waals surface area contributed by atoms with E-state index in [0.717, 1.165) is 31.3 Å². The van der Waals surface area contributed by atoms with Gasteiger partial charge in [0.05, 0.1) is 6.54 Å². The maximum atomic E-state index is 12.2. The molecule has 0 N–H and O–H groups in total. The largest absolute Gasteiger partial charge is 0.297 e. The summed E-state index contributed by atoms with van der Waals surface area (Å²) in [5.74, 6) is 0. The van der Waals surface area contributed by atoms with Crippen LogP contribution in [0.4, 0.5) is 8.78 Å². The number of unbranched alkanes of at least 4 members (excludes halogenated alkanes) is 4. The standard InChI is InChI=1S/C11H22BrF2N/c1-2-3-4-5-6-8-15(9-7-12)10-11(13)14/h11H,2-10H2,1H3. The number of rotatable bonds is 10. The van der Waals surface area contributed by atoms with Gasteiger partial charge in [-0.2, -0.15) is 0 Å². The Labute approximate surface area is 100 Å². The van der Waals surface area contributed by atoms with E-state index in [-0.39, 0.29) is 6.54 Å². The summed E-state index contributed by atoms with van der Waals surface area (Å²) in [5.41, 5.74) is 0. The van der Waals surface area contributed by atoms with Crippen LogP contribution >= 0.6 is 15.9 Å². The second-order valence-electron chi connectivity index (χ2n) is 3.79. The van der Waals surface area contributed by atoms with Crippen LogP contribution < -0.4 is 0 Å². The average Bonchev–Trinajstić information content (AvgIpc) is 2.17. The summed E-state index contributed by atoms with van der Waals surface area (Å²) in [6.45, 7) is 3.62. The van der Waals surface area contributed by atoms with E-state index in [1.807, 2.05) is 4.90 Å². The van der Waals surface area contributed by atoms with E-state index in [1.165, 1.54) is 19.3 Å². The van der Waals surface area contributed by atoms with Crippen molar-refractivity contribution in [3.8, 4) is 0 Å². The molecule has 0 aliphatic rings. The molecule has 0 amide bonds. The summed E-state index contributed by atoms with van der Waals surface area (Å²) < 4.78 is 24.4. The van der Waals surface area contributed by atoms with Crippen LogP contribution in [0.1, 0.15) is 39.0 Å². The highest BCUT2D eigenvalue weighted by Gasteiger charge is 2.10. The molecule has 0 radical (unpaired) electrons. The molecule has 0 aromatic heterocycles. The Morgan fingerprint density at radius 3 is 2.27 bits per heavy atom. The van der Waals surface area contributed by atoms with Gasteiger partial charge in [-0.3, -0.25) is 4.90 Å². The van der Waals surface area contributed by atoms with E-state index < -0.39 is 6.43 Å². The summed E-state index contributed by atoms with van der Waals surface area (Å²) in [6, 6.07) is 0. The summed E-state index contributed by atoms with van der Waals surface area (Å²) in [7, 11) is 0. The lowest BCUT2D eigenvalue weighted by molar-refractivity contribution is 0.0905. The van der Waals surface area contributed by atoms with Crippen molar-refractivity contribution in [3.63, 3.8) is 0 Å². The van der Waals surface area contributed by atoms with E-state index in [2.05, 4.69) is 22.9 Å². The van der Waals surface area contributed by atoms with Crippen LogP contribution in [-0.4, -0.2) is 36.3 Å². The Morgan fingerprint density at radius 1 is 1.07 bits per heavy atom. The highest BCUT2D eigenvalue weighted by molar-refractivity contribution is 9.09. The predicted octanol–water partition coefficient (Wildman–Crippen LogP) is 3.92. The van der Waals surface area contributed by atoms with Gasteiger partial charge in [-0.15, -0.1) is 0 Å². The first-order valence-electron chi connectivity index (χ1n) is 5.77. The van der Waals surface area contributed by atoms with Crippen LogP contribution in [-0.2, 0) is 0 Å². The Bertz CT molecular complexity index is 134. The Balaban J connectivity index is 3.47. The minimum absolute atomic E-state index is 0.0840. The lowest BCUT2D eigenvalue weighted by atomic mass is 10.1. The van der Waals surface area contributed by atoms with E-state index in [1.54, 1.807) is 0 Å². The second kappa shape index (κ2) is 10.8. The van der Waals surface area contributed by atoms with Gasteiger partial charge in [0, 0.05) is 11.9 Å². The molecule has 0 aliphatic heterocycles. The molecule has 0 heterocycles. The van der Waals surface area contributed by atoms with Crippen LogP contribution in [0.25, 0.3) is 0 Å². The third-order valence-corrected chi connectivity index (χ3v) is 2.73. The monoisotopic (exact) mass is 285 g/mol. The van der Waals surface area contributed by atoms with Crippen molar-refractivity contribution in [3.05, 3.63) is 0 Å². The van der Waals surface area contributed by atoms with E-state index in [0.29, 0.717) is 0 Å². The average molecular weight is 286 g/mol. The first-order chi connectivity index (χ1) is 7.20. The zero-order valence-electron chi connectivity index (χ0n) is 9.52. The summed E-state index contributed by atoms with van der Waals surface area (Å²) in [4.78, 5) is 1.84. The van der Waals surface area contributed by atoms with Gasteiger partial charge in [-0.1, -0.05) is 48.5 Å². The van der Waals surface area contributed by atoms with E-state index in [4.69, 9.17) is 0 Å².